The first-order chi connectivity index (χ1) is 9.18. The molecular formula is C13H17N3O3. The molecule has 0 aromatic carbocycles. The molecule has 6 heteroatoms. The molecule has 19 heavy (non-hydrogen) atoms. The lowest BCUT2D eigenvalue weighted by Crippen LogP contribution is -2.51. The summed E-state index contributed by atoms with van der Waals surface area (Å²) in [5.74, 6) is -0.937. The predicted molar refractivity (Wildman–Crippen MR) is 68.5 cm³/mol. The van der Waals surface area contributed by atoms with Crippen molar-refractivity contribution in [3.8, 4) is 0 Å². The quantitative estimate of drug-likeness (QED) is 0.859. The highest BCUT2D eigenvalue weighted by Crippen LogP contribution is 2.17. The minimum Gasteiger partial charge on any atom is -0.480 e. The molecule has 1 unspecified atom stereocenters. The fraction of sp³-hybridized carbons (Fsp3) is 0.462. The Morgan fingerprint density at radius 2 is 2.26 bits per heavy atom. The van der Waals surface area contributed by atoms with Crippen molar-refractivity contribution in [1.29, 1.82) is 0 Å². The van der Waals surface area contributed by atoms with Gasteiger partial charge in [-0.2, -0.15) is 0 Å². The molecule has 1 aliphatic heterocycles. The minimum atomic E-state index is -0.937. The zero-order valence-electron chi connectivity index (χ0n) is 10.6. The molecule has 0 radical (unpaired) electrons. The second-order valence-corrected chi connectivity index (χ2v) is 4.52. The molecule has 6 nitrogen and oxygen atoms in total. The predicted octanol–water partition coefficient (Wildman–Crippen LogP) is 1.23. The third kappa shape index (κ3) is 3.43. The van der Waals surface area contributed by atoms with Gasteiger partial charge in [0, 0.05) is 12.7 Å². The van der Waals surface area contributed by atoms with Crippen LogP contribution in [0.2, 0.25) is 0 Å². The summed E-state index contributed by atoms with van der Waals surface area (Å²) < 4.78 is 0. The molecule has 2 N–H and O–H groups in total. The fourth-order valence-electron chi connectivity index (χ4n) is 2.20. The molecule has 1 aliphatic rings. The largest absolute Gasteiger partial charge is 0.480 e. The van der Waals surface area contributed by atoms with Crippen LogP contribution in [0.15, 0.2) is 24.4 Å². The van der Waals surface area contributed by atoms with Crippen molar-refractivity contribution >= 4 is 12.0 Å². The van der Waals surface area contributed by atoms with Crippen LogP contribution < -0.4 is 5.32 Å². The van der Waals surface area contributed by atoms with Gasteiger partial charge in [-0.25, -0.2) is 9.59 Å². The van der Waals surface area contributed by atoms with E-state index in [2.05, 4.69) is 10.3 Å². The molecule has 1 fully saturated rings. The van der Waals surface area contributed by atoms with E-state index in [-0.39, 0.29) is 6.03 Å². The van der Waals surface area contributed by atoms with Gasteiger partial charge in [-0.1, -0.05) is 6.07 Å². The van der Waals surface area contributed by atoms with E-state index in [0.717, 1.165) is 18.5 Å². The molecule has 1 atom stereocenters. The number of carbonyl (C=O) groups excluding carboxylic acids is 1. The van der Waals surface area contributed by atoms with Crippen molar-refractivity contribution in [1.82, 2.24) is 15.2 Å². The van der Waals surface area contributed by atoms with Gasteiger partial charge >= 0.3 is 12.0 Å². The van der Waals surface area contributed by atoms with E-state index in [1.165, 1.54) is 4.90 Å². The van der Waals surface area contributed by atoms with Crippen LogP contribution in [-0.2, 0) is 11.3 Å². The number of carboxylic acids is 1. The lowest BCUT2D eigenvalue weighted by Gasteiger charge is -2.32. The van der Waals surface area contributed by atoms with Crippen LogP contribution in [0.3, 0.4) is 0 Å². The Balaban J connectivity index is 1.93. The monoisotopic (exact) mass is 263 g/mol. The van der Waals surface area contributed by atoms with Gasteiger partial charge in [0.15, 0.2) is 0 Å². The van der Waals surface area contributed by atoms with Crippen LogP contribution in [0.4, 0.5) is 4.79 Å². The van der Waals surface area contributed by atoms with Gasteiger partial charge in [0.25, 0.3) is 0 Å². The molecule has 102 valence electrons. The lowest BCUT2D eigenvalue weighted by atomic mass is 10.0. The summed E-state index contributed by atoms with van der Waals surface area (Å²) in [5.41, 5.74) is 0.750. The topological polar surface area (TPSA) is 82.5 Å². The lowest BCUT2D eigenvalue weighted by molar-refractivity contribution is -0.143. The summed E-state index contributed by atoms with van der Waals surface area (Å²) in [4.78, 5) is 28.6. The van der Waals surface area contributed by atoms with Gasteiger partial charge in [-0.15, -0.1) is 0 Å². The van der Waals surface area contributed by atoms with Crippen LogP contribution in [0.1, 0.15) is 25.0 Å². The number of aromatic nitrogens is 1. The Morgan fingerprint density at radius 1 is 1.42 bits per heavy atom. The second kappa shape index (κ2) is 6.17. The van der Waals surface area contributed by atoms with Crippen molar-refractivity contribution in [3.63, 3.8) is 0 Å². The van der Waals surface area contributed by atoms with Crippen LogP contribution in [0, 0.1) is 0 Å². The van der Waals surface area contributed by atoms with Gasteiger partial charge in [0.2, 0.25) is 0 Å². The molecule has 2 heterocycles. The number of pyridine rings is 1. The molecule has 2 rings (SSSR count). The summed E-state index contributed by atoms with van der Waals surface area (Å²) in [7, 11) is 0. The van der Waals surface area contributed by atoms with Crippen LogP contribution in [0.25, 0.3) is 0 Å². The maximum Gasteiger partial charge on any atom is 0.326 e. The van der Waals surface area contributed by atoms with E-state index in [0.29, 0.717) is 19.5 Å². The van der Waals surface area contributed by atoms with E-state index in [4.69, 9.17) is 5.11 Å². The zero-order valence-corrected chi connectivity index (χ0v) is 10.6. The van der Waals surface area contributed by atoms with E-state index in [9.17, 15) is 9.59 Å². The van der Waals surface area contributed by atoms with E-state index in [1.807, 2.05) is 12.1 Å². The molecule has 2 amide bonds. The van der Waals surface area contributed by atoms with Gasteiger partial charge in [-0.05, 0) is 31.4 Å². The highest BCUT2D eigenvalue weighted by Gasteiger charge is 2.31. The summed E-state index contributed by atoms with van der Waals surface area (Å²) >= 11 is 0. The maximum atomic E-state index is 12.0. The number of urea groups is 1. The number of likely N-dealkylation sites (tertiary alicyclic amines) is 1. The molecule has 0 saturated carbocycles. The standard InChI is InChI=1S/C13H17N3O3/c17-12(18)11-6-2-4-8-16(11)13(19)15-9-10-5-1-3-7-14-10/h1,3,5,7,11H,2,4,6,8-9H2,(H,15,19)(H,17,18). The molecule has 1 aromatic heterocycles. The summed E-state index contributed by atoms with van der Waals surface area (Å²) in [6.07, 6.45) is 3.87. The van der Waals surface area contributed by atoms with Gasteiger partial charge in [0.1, 0.15) is 6.04 Å². The Bertz CT molecular complexity index is 450. The molecule has 1 aromatic rings. The van der Waals surface area contributed by atoms with Crippen molar-refractivity contribution in [2.45, 2.75) is 31.8 Å². The number of hydrogen-bond donors (Lipinski definition) is 2. The Kier molecular flexibility index (Phi) is 4.33. The Hall–Kier alpha value is -2.11. The van der Waals surface area contributed by atoms with Crippen molar-refractivity contribution in [2.75, 3.05) is 6.54 Å². The van der Waals surface area contributed by atoms with Gasteiger partial charge < -0.3 is 15.3 Å². The molecular weight excluding hydrogens is 246 g/mol. The fourth-order valence-corrected chi connectivity index (χ4v) is 2.20. The van der Waals surface area contributed by atoms with E-state index < -0.39 is 12.0 Å². The molecule has 0 spiro atoms. The summed E-state index contributed by atoms with van der Waals surface area (Å²) in [6.45, 7) is 0.799. The first kappa shape index (κ1) is 13.3. The SMILES string of the molecule is O=C(O)C1CCCCN1C(=O)NCc1ccccn1. The van der Waals surface area contributed by atoms with E-state index in [1.54, 1.807) is 12.3 Å². The number of aliphatic carboxylic acids is 1. The van der Waals surface area contributed by atoms with Crippen LogP contribution in [0.5, 0.6) is 0 Å². The number of rotatable bonds is 3. The van der Waals surface area contributed by atoms with Gasteiger partial charge in [0.05, 0.1) is 12.2 Å². The van der Waals surface area contributed by atoms with Gasteiger partial charge in [-0.3, -0.25) is 4.98 Å². The van der Waals surface area contributed by atoms with Crippen molar-refractivity contribution in [3.05, 3.63) is 30.1 Å². The summed E-state index contributed by atoms with van der Waals surface area (Å²) in [5, 5.41) is 11.8. The first-order valence-corrected chi connectivity index (χ1v) is 6.35. The molecule has 0 bridgehead atoms. The highest BCUT2D eigenvalue weighted by atomic mass is 16.4. The van der Waals surface area contributed by atoms with E-state index >= 15 is 0 Å². The minimum absolute atomic E-state index is 0.308. The average molecular weight is 263 g/mol. The third-order valence-electron chi connectivity index (χ3n) is 3.20. The Morgan fingerprint density at radius 3 is 2.95 bits per heavy atom. The molecule has 0 aliphatic carbocycles. The molecule has 1 saturated heterocycles. The first-order valence-electron chi connectivity index (χ1n) is 6.35. The average Bonchev–Trinajstić information content (AvgIpc) is 2.46. The van der Waals surface area contributed by atoms with Crippen molar-refractivity contribution < 1.29 is 14.7 Å². The number of carbonyl (C=O) groups is 2. The number of nitrogens with one attached hydrogen (secondary N) is 1. The van der Waals surface area contributed by atoms with Crippen LogP contribution in [-0.4, -0.2) is 39.6 Å². The van der Waals surface area contributed by atoms with Crippen LogP contribution >= 0.6 is 0 Å². The highest BCUT2D eigenvalue weighted by molar-refractivity contribution is 5.82. The second-order valence-electron chi connectivity index (χ2n) is 4.52. The summed E-state index contributed by atoms with van der Waals surface area (Å²) in [6, 6.07) is 4.41. The number of nitrogens with zero attached hydrogens (tertiary/aromatic N) is 2. The number of hydrogen-bond acceptors (Lipinski definition) is 3. The number of piperidine rings is 1. The number of carboxylic acid groups (broad SMARTS) is 1. The maximum absolute atomic E-state index is 12.0. The normalized spacial score (nSPS) is 18.9. The Labute approximate surface area is 111 Å². The smallest absolute Gasteiger partial charge is 0.326 e. The third-order valence-corrected chi connectivity index (χ3v) is 3.20. The zero-order chi connectivity index (χ0) is 13.7. The van der Waals surface area contributed by atoms with Crippen molar-refractivity contribution in [2.24, 2.45) is 0 Å². The number of amides is 2.